The summed E-state index contributed by atoms with van der Waals surface area (Å²) < 4.78 is 2.07. The summed E-state index contributed by atoms with van der Waals surface area (Å²) in [4.78, 5) is 4.45. The molecule has 2 heterocycles. The summed E-state index contributed by atoms with van der Waals surface area (Å²) in [5.74, 6) is 0. The smallest absolute Gasteiger partial charge is 0.0705 e. The predicted octanol–water partition coefficient (Wildman–Crippen LogP) is 3.53. The van der Waals surface area contributed by atoms with Gasteiger partial charge in [0.15, 0.2) is 0 Å². The number of hydrogen-bond donors (Lipinski definition) is 1. The summed E-state index contributed by atoms with van der Waals surface area (Å²) in [5.41, 5.74) is 5.97. The first-order valence-electron chi connectivity index (χ1n) is 8.12. The molecule has 0 saturated carbocycles. The second kappa shape index (κ2) is 6.50. The van der Waals surface area contributed by atoms with Gasteiger partial charge in [0.1, 0.15) is 0 Å². The monoisotopic (exact) mass is 308 g/mol. The van der Waals surface area contributed by atoms with Crippen LogP contribution in [0.5, 0.6) is 0 Å². The van der Waals surface area contributed by atoms with Gasteiger partial charge in [-0.1, -0.05) is 12.1 Å². The molecule has 120 valence electrons. The van der Waals surface area contributed by atoms with Crippen LogP contribution >= 0.6 is 0 Å². The SMILES string of the molecule is Cc1cc(C)n(CC(C)NCc2c(C)ccc3ncccc23)n1. The van der Waals surface area contributed by atoms with Gasteiger partial charge in [-0.15, -0.1) is 0 Å². The number of fused-ring (bicyclic) bond motifs is 1. The van der Waals surface area contributed by atoms with Crippen LogP contribution in [0.15, 0.2) is 36.5 Å². The fourth-order valence-electron chi connectivity index (χ4n) is 3.02. The highest BCUT2D eigenvalue weighted by Crippen LogP contribution is 2.20. The normalized spacial score (nSPS) is 12.7. The minimum Gasteiger partial charge on any atom is -0.308 e. The van der Waals surface area contributed by atoms with Crippen molar-refractivity contribution >= 4 is 10.9 Å². The van der Waals surface area contributed by atoms with E-state index in [1.54, 1.807) is 0 Å². The van der Waals surface area contributed by atoms with Crippen molar-refractivity contribution in [3.63, 3.8) is 0 Å². The Morgan fingerprint density at radius 3 is 2.74 bits per heavy atom. The number of hydrogen-bond acceptors (Lipinski definition) is 3. The van der Waals surface area contributed by atoms with Gasteiger partial charge >= 0.3 is 0 Å². The summed E-state index contributed by atoms with van der Waals surface area (Å²) in [5, 5.41) is 9.40. The van der Waals surface area contributed by atoms with Crippen LogP contribution in [0.1, 0.15) is 29.4 Å². The van der Waals surface area contributed by atoms with Gasteiger partial charge in [-0.05, 0) is 57.0 Å². The zero-order valence-corrected chi connectivity index (χ0v) is 14.3. The number of nitrogens with one attached hydrogen (secondary N) is 1. The van der Waals surface area contributed by atoms with Crippen molar-refractivity contribution in [3.8, 4) is 0 Å². The van der Waals surface area contributed by atoms with E-state index < -0.39 is 0 Å². The molecule has 1 N–H and O–H groups in total. The van der Waals surface area contributed by atoms with E-state index in [-0.39, 0.29) is 0 Å². The van der Waals surface area contributed by atoms with Gasteiger partial charge in [-0.25, -0.2) is 0 Å². The quantitative estimate of drug-likeness (QED) is 0.784. The fourth-order valence-corrected chi connectivity index (χ4v) is 3.02. The average Bonchev–Trinajstić information content (AvgIpc) is 2.84. The third kappa shape index (κ3) is 3.42. The van der Waals surface area contributed by atoms with Crippen LogP contribution in [-0.4, -0.2) is 20.8 Å². The topological polar surface area (TPSA) is 42.7 Å². The Balaban J connectivity index is 1.73. The van der Waals surface area contributed by atoms with E-state index in [0.717, 1.165) is 24.3 Å². The van der Waals surface area contributed by atoms with Gasteiger partial charge in [0.25, 0.3) is 0 Å². The van der Waals surface area contributed by atoms with Crippen LogP contribution in [-0.2, 0) is 13.1 Å². The molecule has 4 nitrogen and oxygen atoms in total. The first-order chi connectivity index (χ1) is 11.0. The van der Waals surface area contributed by atoms with Gasteiger partial charge in [0.05, 0.1) is 17.8 Å². The standard InChI is InChI=1S/C19H24N4/c1-13-7-8-19-17(6-5-9-20-19)18(13)11-21-15(3)12-23-16(4)10-14(2)22-23/h5-10,15,21H,11-12H2,1-4H3. The molecule has 0 aliphatic carbocycles. The molecule has 0 aliphatic heterocycles. The molecule has 0 fully saturated rings. The van der Waals surface area contributed by atoms with E-state index >= 15 is 0 Å². The molecule has 0 saturated heterocycles. The maximum Gasteiger partial charge on any atom is 0.0705 e. The van der Waals surface area contributed by atoms with Crippen molar-refractivity contribution in [1.29, 1.82) is 0 Å². The van der Waals surface area contributed by atoms with Crippen LogP contribution < -0.4 is 5.32 Å². The maximum absolute atomic E-state index is 4.54. The molecule has 0 spiro atoms. The first-order valence-corrected chi connectivity index (χ1v) is 8.12. The molecule has 3 rings (SSSR count). The number of pyridine rings is 1. The predicted molar refractivity (Wildman–Crippen MR) is 94.5 cm³/mol. The van der Waals surface area contributed by atoms with E-state index in [1.165, 1.54) is 22.2 Å². The molecule has 3 aromatic rings. The second-order valence-corrected chi connectivity index (χ2v) is 6.32. The molecule has 23 heavy (non-hydrogen) atoms. The minimum atomic E-state index is 0.347. The summed E-state index contributed by atoms with van der Waals surface area (Å²) in [6, 6.07) is 10.9. The lowest BCUT2D eigenvalue weighted by Gasteiger charge is -2.17. The summed E-state index contributed by atoms with van der Waals surface area (Å²) in [7, 11) is 0. The van der Waals surface area contributed by atoms with Crippen LogP contribution in [0.3, 0.4) is 0 Å². The Hall–Kier alpha value is -2.20. The van der Waals surface area contributed by atoms with E-state index in [1.807, 2.05) is 19.2 Å². The Bertz CT molecular complexity index is 819. The number of rotatable bonds is 5. The molecule has 0 amide bonds. The molecule has 2 aromatic heterocycles. The minimum absolute atomic E-state index is 0.347. The molecule has 1 atom stereocenters. The molecule has 1 aromatic carbocycles. The van der Waals surface area contributed by atoms with Crippen LogP contribution in [0.4, 0.5) is 0 Å². The van der Waals surface area contributed by atoms with Gasteiger partial charge in [-0.3, -0.25) is 9.67 Å². The lowest BCUT2D eigenvalue weighted by atomic mass is 10.0. The third-order valence-corrected chi connectivity index (χ3v) is 4.31. The molecule has 0 radical (unpaired) electrons. The van der Waals surface area contributed by atoms with Crippen molar-refractivity contribution < 1.29 is 0 Å². The Morgan fingerprint density at radius 2 is 2.00 bits per heavy atom. The van der Waals surface area contributed by atoms with E-state index in [0.29, 0.717) is 6.04 Å². The molecular weight excluding hydrogens is 284 g/mol. The number of aryl methyl sites for hydroxylation is 3. The molecule has 0 bridgehead atoms. The Kier molecular flexibility index (Phi) is 4.44. The van der Waals surface area contributed by atoms with E-state index in [9.17, 15) is 0 Å². The number of benzene rings is 1. The molecular formula is C19H24N4. The molecule has 4 heteroatoms. The van der Waals surface area contributed by atoms with Crippen LogP contribution in [0.25, 0.3) is 10.9 Å². The van der Waals surface area contributed by atoms with Crippen LogP contribution in [0.2, 0.25) is 0 Å². The van der Waals surface area contributed by atoms with E-state index in [2.05, 4.69) is 65.1 Å². The van der Waals surface area contributed by atoms with Gasteiger partial charge in [-0.2, -0.15) is 5.10 Å². The van der Waals surface area contributed by atoms with Gasteiger partial charge in [0.2, 0.25) is 0 Å². The second-order valence-electron chi connectivity index (χ2n) is 6.32. The van der Waals surface area contributed by atoms with Crippen molar-refractivity contribution in [2.45, 2.75) is 46.8 Å². The van der Waals surface area contributed by atoms with Crippen LogP contribution in [0, 0.1) is 20.8 Å². The Morgan fingerprint density at radius 1 is 1.17 bits per heavy atom. The lowest BCUT2D eigenvalue weighted by Crippen LogP contribution is -2.31. The van der Waals surface area contributed by atoms with Crippen molar-refractivity contribution in [1.82, 2.24) is 20.1 Å². The number of aromatic nitrogens is 3. The van der Waals surface area contributed by atoms with E-state index in [4.69, 9.17) is 0 Å². The third-order valence-electron chi connectivity index (χ3n) is 4.31. The molecule has 1 unspecified atom stereocenters. The highest BCUT2D eigenvalue weighted by molar-refractivity contribution is 5.83. The van der Waals surface area contributed by atoms with Gasteiger partial charge in [0, 0.05) is 29.9 Å². The summed E-state index contributed by atoms with van der Waals surface area (Å²) in [6.45, 7) is 10.2. The zero-order chi connectivity index (χ0) is 16.4. The van der Waals surface area contributed by atoms with Crippen molar-refractivity contribution in [2.24, 2.45) is 0 Å². The first kappa shape index (κ1) is 15.7. The Labute approximate surface area is 137 Å². The van der Waals surface area contributed by atoms with Crippen molar-refractivity contribution in [3.05, 3.63) is 59.0 Å². The highest BCUT2D eigenvalue weighted by Gasteiger charge is 2.09. The zero-order valence-electron chi connectivity index (χ0n) is 14.3. The summed E-state index contributed by atoms with van der Waals surface area (Å²) in [6.07, 6.45) is 1.85. The number of nitrogens with zero attached hydrogens (tertiary/aromatic N) is 3. The van der Waals surface area contributed by atoms with Gasteiger partial charge < -0.3 is 5.32 Å². The summed E-state index contributed by atoms with van der Waals surface area (Å²) >= 11 is 0. The lowest BCUT2D eigenvalue weighted by molar-refractivity contribution is 0.444. The average molecular weight is 308 g/mol. The molecule has 0 aliphatic rings. The fraction of sp³-hybridized carbons (Fsp3) is 0.368. The highest BCUT2D eigenvalue weighted by atomic mass is 15.3. The largest absolute Gasteiger partial charge is 0.308 e. The maximum atomic E-state index is 4.54. The van der Waals surface area contributed by atoms with Crippen molar-refractivity contribution in [2.75, 3.05) is 0 Å².